The summed E-state index contributed by atoms with van der Waals surface area (Å²) in [5, 5.41) is 3.74. The molecule has 2 aliphatic carbocycles. The van der Waals surface area contributed by atoms with Gasteiger partial charge in [-0.05, 0) is 49.9 Å². The van der Waals surface area contributed by atoms with Crippen molar-refractivity contribution in [3.05, 3.63) is 0 Å². The first-order chi connectivity index (χ1) is 7.93. The van der Waals surface area contributed by atoms with Gasteiger partial charge in [-0.15, -0.1) is 0 Å². The van der Waals surface area contributed by atoms with Crippen molar-refractivity contribution < 1.29 is 4.74 Å². The van der Waals surface area contributed by atoms with E-state index in [0.29, 0.717) is 10.8 Å². The van der Waals surface area contributed by atoms with Gasteiger partial charge in [0.15, 0.2) is 0 Å². The Hall–Kier alpha value is -0.0800. The maximum Gasteiger partial charge on any atom is 0.119 e. The molecule has 1 heterocycles. The molecule has 2 heteroatoms. The topological polar surface area (TPSA) is 21.3 Å². The van der Waals surface area contributed by atoms with Crippen molar-refractivity contribution in [3.8, 4) is 0 Å². The first-order valence-corrected chi connectivity index (χ1v) is 7.32. The average Bonchev–Trinajstić information content (AvgIpc) is 3.03. The maximum atomic E-state index is 6.23. The van der Waals surface area contributed by atoms with Gasteiger partial charge in [0.05, 0.1) is 6.61 Å². The monoisotopic (exact) mass is 237 g/mol. The highest BCUT2D eigenvalue weighted by Crippen LogP contribution is 2.51. The third kappa shape index (κ3) is 2.26. The maximum absolute atomic E-state index is 6.23. The SMILES string of the molecule is CC(C)(C)C1CCC2(CC1)NCC1(CC1)CO2. The molecule has 2 spiro atoms. The van der Waals surface area contributed by atoms with Crippen LogP contribution in [-0.4, -0.2) is 18.9 Å². The second kappa shape index (κ2) is 3.71. The van der Waals surface area contributed by atoms with E-state index in [1.807, 2.05) is 0 Å². The van der Waals surface area contributed by atoms with Crippen LogP contribution in [0, 0.1) is 16.7 Å². The highest BCUT2D eigenvalue weighted by atomic mass is 16.5. The van der Waals surface area contributed by atoms with Crippen LogP contribution in [0.25, 0.3) is 0 Å². The summed E-state index contributed by atoms with van der Waals surface area (Å²) in [5.74, 6) is 0.871. The largest absolute Gasteiger partial charge is 0.360 e. The van der Waals surface area contributed by atoms with Crippen LogP contribution in [0.2, 0.25) is 0 Å². The van der Waals surface area contributed by atoms with Gasteiger partial charge >= 0.3 is 0 Å². The van der Waals surface area contributed by atoms with Crippen LogP contribution in [0.1, 0.15) is 59.3 Å². The van der Waals surface area contributed by atoms with E-state index in [-0.39, 0.29) is 5.72 Å². The van der Waals surface area contributed by atoms with Crippen molar-refractivity contribution in [2.75, 3.05) is 13.2 Å². The molecule has 1 saturated heterocycles. The molecule has 0 unspecified atom stereocenters. The molecule has 0 atom stereocenters. The van der Waals surface area contributed by atoms with Gasteiger partial charge < -0.3 is 4.74 Å². The molecule has 3 aliphatic rings. The molecular weight excluding hydrogens is 210 g/mol. The van der Waals surface area contributed by atoms with E-state index in [0.717, 1.165) is 12.5 Å². The molecule has 1 aliphatic heterocycles. The summed E-state index contributed by atoms with van der Waals surface area (Å²) in [7, 11) is 0. The van der Waals surface area contributed by atoms with Gasteiger partial charge in [0, 0.05) is 12.0 Å². The van der Waals surface area contributed by atoms with E-state index < -0.39 is 0 Å². The lowest BCUT2D eigenvalue weighted by atomic mass is 9.70. The summed E-state index contributed by atoms with van der Waals surface area (Å²) < 4.78 is 6.23. The zero-order valence-corrected chi connectivity index (χ0v) is 11.6. The van der Waals surface area contributed by atoms with Crippen LogP contribution in [0.15, 0.2) is 0 Å². The van der Waals surface area contributed by atoms with Gasteiger partial charge in [0.25, 0.3) is 0 Å². The zero-order chi connectivity index (χ0) is 12.1. The van der Waals surface area contributed by atoms with E-state index in [1.54, 1.807) is 0 Å². The van der Waals surface area contributed by atoms with E-state index in [2.05, 4.69) is 26.1 Å². The molecule has 2 saturated carbocycles. The summed E-state index contributed by atoms with van der Waals surface area (Å²) in [5.41, 5.74) is 1.07. The van der Waals surface area contributed by atoms with Gasteiger partial charge in [-0.1, -0.05) is 20.8 Å². The summed E-state index contributed by atoms with van der Waals surface area (Å²) in [4.78, 5) is 0. The van der Waals surface area contributed by atoms with Crippen molar-refractivity contribution in [2.24, 2.45) is 16.7 Å². The second-order valence-corrected chi connectivity index (χ2v) is 7.78. The molecule has 2 nitrogen and oxygen atoms in total. The lowest BCUT2D eigenvalue weighted by Crippen LogP contribution is -2.57. The minimum atomic E-state index is 0.0512. The Balaban J connectivity index is 1.57. The Bertz CT molecular complexity index is 281. The normalized spacial score (nSPS) is 40.8. The van der Waals surface area contributed by atoms with Crippen LogP contribution in [0.5, 0.6) is 0 Å². The van der Waals surface area contributed by atoms with E-state index >= 15 is 0 Å². The number of ether oxygens (including phenoxy) is 1. The molecule has 0 amide bonds. The minimum Gasteiger partial charge on any atom is -0.360 e. The fraction of sp³-hybridized carbons (Fsp3) is 1.00. The lowest BCUT2D eigenvalue weighted by molar-refractivity contribution is -0.150. The Labute approximate surface area is 105 Å². The van der Waals surface area contributed by atoms with Crippen LogP contribution in [0.4, 0.5) is 0 Å². The van der Waals surface area contributed by atoms with Crippen molar-refractivity contribution in [3.63, 3.8) is 0 Å². The van der Waals surface area contributed by atoms with Crippen LogP contribution < -0.4 is 5.32 Å². The predicted octanol–water partition coefficient (Wildman–Crippen LogP) is 3.32. The van der Waals surface area contributed by atoms with Crippen molar-refractivity contribution in [1.82, 2.24) is 5.32 Å². The molecule has 0 aromatic heterocycles. The van der Waals surface area contributed by atoms with Crippen molar-refractivity contribution in [2.45, 2.75) is 65.0 Å². The van der Waals surface area contributed by atoms with Crippen LogP contribution >= 0.6 is 0 Å². The first-order valence-electron chi connectivity index (χ1n) is 7.32. The third-order valence-corrected chi connectivity index (χ3v) is 5.42. The molecule has 3 fully saturated rings. The highest BCUT2D eigenvalue weighted by Gasteiger charge is 2.51. The van der Waals surface area contributed by atoms with E-state index in [9.17, 15) is 0 Å². The Morgan fingerprint density at radius 1 is 1.06 bits per heavy atom. The van der Waals surface area contributed by atoms with Crippen LogP contribution in [-0.2, 0) is 4.74 Å². The Kier molecular flexibility index (Phi) is 2.61. The van der Waals surface area contributed by atoms with Gasteiger partial charge in [-0.25, -0.2) is 0 Å². The number of hydrogen-bond donors (Lipinski definition) is 1. The van der Waals surface area contributed by atoms with E-state index in [1.165, 1.54) is 45.1 Å². The molecule has 0 bridgehead atoms. The van der Waals surface area contributed by atoms with Crippen molar-refractivity contribution >= 4 is 0 Å². The van der Waals surface area contributed by atoms with Gasteiger partial charge in [-0.3, -0.25) is 5.32 Å². The molecule has 98 valence electrons. The summed E-state index contributed by atoms with van der Waals surface area (Å²) in [6.07, 6.45) is 7.82. The van der Waals surface area contributed by atoms with Gasteiger partial charge in [0.1, 0.15) is 5.72 Å². The molecule has 17 heavy (non-hydrogen) atoms. The fourth-order valence-corrected chi connectivity index (χ4v) is 3.51. The van der Waals surface area contributed by atoms with Crippen molar-refractivity contribution in [1.29, 1.82) is 0 Å². The standard InChI is InChI=1S/C15H27NO/c1-13(2,3)12-4-6-15(7-5-12)16-10-14(8-9-14)11-17-15/h12,16H,4-11H2,1-3H3. The quantitative estimate of drug-likeness (QED) is 0.698. The third-order valence-electron chi connectivity index (χ3n) is 5.42. The number of hydrogen-bond acceptors (Lipinski definition) is 2. The molecule has 0 aromatic carbocycles. The molecule has 0 aromatic rings. The van der Waals surface area contributed by atoms with Gasteiger partial charge in [-0.2, -0.15) is 0 Å². The zero-order valence-electron chi connectivity index (χ0n) is 11.6. The summed E-state index contributed by atoms with van der Waals surface area (Å²) >= 11 is 0. The summed E-state index contributed by atoms with van der Waals surface area (Å²) in [6, 6.07) is 0. The molecule has 3 rings (SSSR count). The molecule has 0 radical (unpaired) electrons. The highest BCUT2D eigenvalue weighted by molar-refractivity contribution is 5.02. The number of nitrogens with one attached hydrogen (secondary N) is 1. The molecule has 1 N–H and O–H groups in total. The average molecular weight is 237 g/mol. The Morgan fingerprint density at radius 3 is 2.12 bits per heavy atom. The summed E-state index contributed by atoms with van der Waals surface area (Å²) in [6.45, 7) is 9.35. The lowest BCUT2D eigenvalue weighted by Gasteiger charge is -2.48. The fourth-order valence-electron chi connectivity index (χ4n) is 3.51. The Morgan fingerprint density at radius 2 is 1.71 bits per heavy atom. The smallest absolute Gasteiger partial charge is 0.119 e. The van der Waals surface area contributed by atoms with Gasteiger partial charge in [0.2, 0.25) is 0 Å². The number of rotatable bonds is 0. The van der Waals surface area contributed by atoms with Crippen LogP contribution in [0.3, 0.4) is 0 Å². The van der Waals surface area contributed by atoms with E-state index in [4.69, 9.17) is 4.74 Å². The second-order valence-electron chi connectivity index (χ2n) is 7.78. The predicted molar refractivity (Wildman–Crippen MR) is 69.8 cm³/mol. The molecular formula is C15H27NO. The minimum absolute atomic E-state index is 0.0512. The first kappa shape index (κ1) is 12.0.